The lowest BCUT2D eigenvalue weighted by Gasteiger charge is -2.19. The minimum atomic E-state index is -3.59. The number of carbonyl (C=O) groups is 1. The van der Waals surface area contributed by atoms with Gasteiger partial charge in [0.25, 0.3) is 0 Å². The van der Waals surface area contributed by atoms with Crippen molar-refractivity contribution >= 4 is 38.2 Å². The zero-order valence-electron chi connectivity index (χ0n) is 14.3. The van der Waals surface area contributed by atoms with Crippen molar-refractivity contribution < 1.29 is 13.2 Å². The monoisotopic (exact) mass is 369 g/mol. The standard InChI is InChI=1S/C19H19N3O3S/c1-22(16-9-3-2-4-10-16)26(24,25)14-12-18(23)21-17-11-5-7-15-8-6-13-20-19(15)17/h2-11,13H,12,14H2,1H3,(H,21,23). The molecule has 0 bridgehead atoms. The zero-order chi connectivity index (χ0) is 18.6. The van der Waals surface area contributed by atoms with Gasteiger partial charge in [0.1, 0.15) is 0 Å². The van der Waals surface area contributed by atoms with Crippen LogP contribution in [0.3, 0.4) is 0 Å². The van der Waals surface area contributed by atoms with Gasteiger partial charge in [-0.1, -0.05) is 36.4 Å². The van der Waals surface area contributed by atoms with E-state index in [2.05, 4.69) is 10.3 Å². The van der Waals surface area contributed by atoms with Gasteiger partial charge in [0, 0.05) is 25.1 Å². The summed E-state index contributed by atoms with van der Waals surface area (Å²) in [6, 6.07) is 17.9. The number of rotatable bonds is 6. The summed E-state index contributed by atoms with van der Waals surface area (Å²) in [5.74, 6) is -0.643. The summed E-state index contributed by atoms with van der Waals surface area (Å²) in [5.41, 5.74) is 1.81. The maximum Gasteiger partial charge on any atom is 0.235 e. The molecule has 0 saturated carbocycles. The maximum atomic E-state index is 12.4. The molecule has 1 aromatic heterocycles. The molecular formula is C19H19N3O3S. The average molecular weight is 369 g/mol. The van der Waals surface area contributed by atoms with E-state index < -0.39 is 10.0 Å². The first kappa shape index (κ1) is 17.9. The molecular weight excluding hydrogens is 350 g/mol. The summed E-state index contributed by atoms with van der Waals surface area (Å²) in [5, 5.41) is 3.66. The number of hydrogen-bond acceptors (Lipinski definition) is 4. The number of hydrogen-bond donors (Lipinski definition) is 1. The molecule has 2 aromatic carbocycles. The number of benzene rings is 2. The molecule has 6 nitrogen and oxygen atoms in total. The first-order valence-electron chi connectivity index (χ1n) is 8.12. The van der Waals surface area contributed by atoms with Gasteiger partial charge < -0.3 is 5.32 Å². The van der Waals surface area contributed by atoms with E-state index in [0.717, 1.165) is 5.39 Å². The highest BCUT2D eigenvalue weighted by molar-refractivity contribution is 7.92. The topological polar surface area (TPSA) is 79.4 Å². The van der Waals surface area contributed by atoms with Crippen LogP contribution in [-0.2, 0) is 14.8 Å². The molecule has 0 aliphatic heterocycles. The van der Waals surface area contributed by atoms with Crippen LogP contribution in [0.25, 0.3) is 10.9 Å². The third-order valence-corrected chi connectivity index (χ3v) is 5.80. The Bertz CT molecular complexity index is 1020. The fourth-order valence-electron chi connectivity index (χ4n) is 2.57. The number of anilines is 2. The first-order valence-corrected chi connectivity index (χ1v) is 9.73. The van der Waals surface area contributed by atoms with Crippen LogP contribution in [-0.4, -0.2) is 32.1 Å². The number of nitrogens with one attached hydrogen (secondary N) is 1. The summed E-state index contributed by atoms with van der Waals surface area (Å²) in [6.45, 7) is 0. The number of aromatic nitrogens is 1. The summed E-state index contributed by atoms with van der Waals surface area (Å²) >= 11 is 0. The van der Waals surface area contributed by atoms with E-state index in [1.807, 2.05) is 30.3 Å². The smallest absolute Gasteiger partial charge is 0.235 e. The summed E-state index contributed by atoms with van der Waals surface area (Å²) < 4.78 is 26.1. The van der Waals surface area contributed by atoms with Crippen LogP contribution in [0.15, 0.2) is 66.9 Å². The molecule has 0 fully saturated rings. The van der Waals surface area contributed by atoms with Gasteiger partial charge in [-0.05, 0) is 24.3 Å². The van der Waals surface area contributed by atoms with Crippen LogP contribution in [0.1, 0.15) is 6.42 Å². The van der Waals surface area contributed by atoms with Crippen LogP contribution in [0.2, 0.25) is 0 Å². The van der Waals surface area contributed by atoms with Crippen molar-refractivity contribution in [3.8, 4) is 0 Å². The van der Waals surface area contributed by atoms with E-state index in [9.17, 15) is 13.2 Å². The molecule has 7 heteroatoms. The van der Waals surface area contributed by atoms with Gasteiger partial charge in [-0.3, -0.25) is 14.1 Å². The number of nitrogens with zero attached hydrogens (tertiary/aromatic N) is 2. The molecule has 0 aliphatic rings. The third kappa shape index (κ3) is 4.00. The van der Waals surface area contributed by atoms with Crippen molar-refractivity contribution in [3.63, 3.8) is 0 Å². The highest BCUT2D eigenvalue weighted by atomic mass is 32.2. The molecule has 0 unspecified atom stereocenters. The summed E-state index contributed by atoms with van der Waals surface area (Å²) in [6.07, 6.45) is 1.51. The van der Waals surface area contributed by atoms with Gasteiger partial charge in [-0.15, -0.1) is 0 Å². The van der Waals surface area contributed by atoms with Crippen LogP contribution in [0.5, 0.6) is 0 Å². The van der Waals surface area contributed by atoms with E-state index >= 15 is 0 Å². The molecule has 1 heterocycles. The molecule has 134 valence electrons. The highest BCUT2D eigenvalue weighted by Crippen LogP contribution is 2.21. The number of fused-ring (bicyclic) bond motifs is 1. The molecule has 1 amide bonds. The molecule has 0 atom stereocenters. The van der Waals surface area contributed by atoms with Gasteiger partial charge in [-0.25, -0.2) is 8.42 Å². The minimum absolute atomic E-state index is 0.136. The fourth-order valence-corrected chi connectivity index (χ4v) is 3.74. The van der Waals surface area contributed by atoms with Crippen molar-refractivity contribution in [3.05, 3.63) is 66.9 Å². The van der Waals surface area contributed by atoms with Gasteiger partial charge in [0.15, 0.2) is 0 Å². The summed E-state index contributed by atoms with van der Waals surface area (Å²) in [7, 11) is -2.10. The molecule has 0 spiro atoms. The highest BCUT2D eigenvalue weighted by Gasteiger charge is 2.20. The van der Waals surface area contributed by atoms with E-state index in [0.29, 0.717) is 16.9 Å². The normalized spacial score (nSPS) is 11.3. The average Bonchev–Trinajstić information content (AvgIpc) is 2.67. The van der Waals surface area contributed by atoms with Crippen molar-refractivity contribution in [1.29, 1.82) is 0 Å². The minimum Gasteiger partial charge on any atom is -0.324 e. The Hall–Kier alpha value is -2.93. The van der Waals surface area contributed by atoms with E-state index in [-0.39, 0.29) is 18.1 Å². The summed E-state index contributed by atoms with van der Waals surface area (Å²) in [4.78, 5) is 16.5. The second-order valence-corrected chi connectivity index (χ2v) is 7.92. The van der Waals surface area contributed by atoms with Gasteiger partial charge in [0.2, 0.25) is 15.9 Å². The predicted octanol–water partition coefficient (Wildman–Crippen LogP) is 3.03. The van der Waals surface area contributed by atoms with Crippen LogP contribution < -0.4 is 9.62 Å². The number of pyridine rings is 1. The largest absolute Gasteiger partial charge is 0.324 e. The van der Waals surface area contributed by atoms with Crippen molar-refractivity contribution in [2.45, 2.75) is 6.42 Å². The number of carbonyl (C=O) groups excluding carboxylic acids is 1. The number of para-hydroxylation sites is 2. The maximum absolute atomic E-state index is 12.4. The van der Waals surface area contributed by atoms with Gasteiger partial charge in [-0.2, -0.15) is 0 Å². The quantitative estimate of drug-likeness (QED) is 0.724. The lowest BCUT2D eigenvalue weighted by atomic mass is 10.2. The van der Waals surface area contributed by atoms with Crippen LogP contribution in [0.4, 0.5) is 11.4 Å². The number of amides is 1. The molecule has 0 saturated heterocycles. The molecule has 1 N–H and O–H groups in total. The van der Waals surface area contributed by atoms with Gasteiger partial charge >= 0.3 is 0 Å². The molecule has 3 aromatic rings. The van der Waals surface area contributed by atoms with E-state index in [1.165, 1.54) is 11.4 Å². The first-order chi connectivity index (χ1) is 12.5. The number of sulfonamides is 1. The second-order valence-electron chi connectivity index (χ2n) is 5.80. The second kappa shape index (κ2) is 7.53. The predicted molar refractivity (Wildman–Crippen MR) is 104 cm³/mol. The van der Waals surface area contributed by atoms with Crippen molar-refractivity contribution in [2.75, 3.05) is 22.4 Å². The lowest BCUT2D eigenvalue weighted by Crippen LogP contribution is -2.30. The van der Waals surface area contributed by atoms with Crippen molar-refractivity contribution in [2.24, 2.45) is 0 Å². The van der Waals surface area contributed by atoms with Crippen molar-refractivity contribution in [1.82, 2.24) is 4.98 Å². The molecule has 0 aliphatic carbocycles. The van der Waals surface area contributed by atoms with E-state index in [1.54, 1.807) is 36.5 Å². The third-order valence-electron chi connectivity index (χ3n) is 4.03. The van der Waals surface area contributed by atoms with E-state index in [4.69, 9.17) is 0 Å². The van der Waals surface area contributed by atoms with Crippen LogP contribution >= 0.6 is 0 Å². The fraction of sp³-hybridized carbons (Fsp3) is 0.158. The molecule has 0 radical (unpaired) electrons. The molecule has 26 heavy (non-hydrogen) atoms. The Morgan fingerprint density at radius 2 is 1.77 bits per heavy atom. The molecule has 3 rings (SSSR count). The lowest BCUT2D eigenvalue weighted by molar-refractivity contribution is -0.115. The van der Waals surface area contributed by atoms with Crippen LogP contribution in [0, 0.1) is 0 Å². The SMILES string of the molecule is CN(c1ccccc1)S(=O)(=O)CCC(=O)Nc1cccc2cccnc12. The Kier molecular flexibility index (Phi) is 5.18. The Morgan fingerprint density at radius 3 is 2.54 bits per heavy atom. The Morgan fingerprint density at radius 1 is 1.04 bits per heavy atom. The zero-order valence-corrected chi connectivity index (χ0v) is 15.1. The Labute approximate surface area is 152 Å². The Balaban J connectivity index is 1.67. The van der Waals surface area contributed by atoms with Gasteiger partial charge in [0.05, 0.1) is 22.6 Å².